The van der Waals surface area contributed by atoms with E-state index in [1.54, 1.807) is 0 Å². The minimum Gasteiger partial charge on any atom is -0.313 e. The van der Waals surface area contributed by atoms with Gasteiger partial charge in [-0.2, -0.15) is 0 Å². The van der Waals surface area contributed by atoms with Gasteiger partial charge in [-0.25, -0.2) is 8.42 Å². The van der Waals surface area contributed by atoms with Crippen LogP contribution in [0.1, 0.15) is 19.8 Å². The highest BCUT2D eigenvalue weighted by atomic mass is 32.2. The molecule has 0 spiro atoms. The Morgan fingerprint density at radius 3 is 2.44 bits per heavy atom. The van der Waals surface area contributed by atoms with Crippen molar-refractivity contribution in [1.29, 1.82) is 0 Å². The molecule has 0 bridgehead atoms. The van der Waals surface area contributed by atoms with Crippen LogP contribution in [-0.2, 0) is 9.84 Å². The predicted molar refractivity (Wildman–Crippen MR) is 37.2 cm³/mol. The molecule has 0 aliphatic heterocycles. The molecule has 0 atom stereocenters. The Morgan fingerprint density at radius 2 is 2.11 bits per heavy atom. The second kappa shape index (κ2) is 3.85. The smallest absolute Gasteiger partial charge is 0.168 e. The van der Waals surface area contributed by atoms with Gasteiger partial charge in [-0.3, -0.25) is 0 Å². The Labute approximate surface area is 56.2 Å². The summed E-state index contributed by atoms with van der Waals surface area (Å²) in [6, 6.07) is 0. The average molecular weight is 150 g/mol. The van der Waals surface area contributed by atoms with Crippen LogP contribution in [0.4, 0.5) is 0 Å². The van der Waals surface area contributed by atoms with E-state index >= 15 is 0 Å². The molecule has 55 valence electrons. The maximum Gasteiger partial charge on any atom is 0.168 e. The van der Waals surface area contributed by atoms with Gasteiger partial charge in [-0.15, -0.1) is 0 Å². The zero-order chi connectivity index (χ0) is 7.33. The van der Waals surface area contributed by atoms with Gasteiger partial charge in [0.25, 0.3) is 0 Å². The summed E-state index contributed by atoms with van der Waals surface area (Å²) in [6.45, 7) is 1.94. The van der Waals surface area contributed by atoms with E-state index in [1.165, 1.54) is 0 Å². The first-order valence-electron chi connectivity index (χ1n) is 2.90. The van der Waals surface area contributed by atoms with Crippen molar-refractivity contribution < 1.29 is 8.42 Å². The van der Waals surface area contributed by atoms with Crippen LogP contribution in [0.2, 0.25) is 0 Å². The summed E-state index contributed by atoms with van der Waals surface area (Å²) in [4.78, 5) is 0. The van der Waals surface area contributed by atoms with E-state index in [0.717, 1.165) is 12.3 Å². The second-order valence-corrected chi connectivity index (χ2v) is 3.86. The number of rotatable bonds is 4. The zero-order valence-corrected chi connectivity index (χ0v) is 6.32. The molecule has 1 radical (unpaired) electrons. The highest BCUT2D eigenvalue weighted by Gasteiger charge is 2.05. The molecule has 0 heterocycles. The van der Waals surface area contributed by atoms with Gasteiger partial charge >= 0.3 is 0 Å². The lowest BCUT2D eigenvalue weighted by Crippen LogP contribution is -2.11. The first-order valence-corrected chi connectivity index (χ1v) is 4.61. The molecule has 2 N–H and O–H groups in total. The van der Waals surface area contributed by atoms with Crippen LogP contribution in [-0.4, -0.2) is 14.2 Å². The van der Waals surface area contributed by atoms with Crippen molar-refractivity contribution in [2.24, 2.45) is 5.73 Å². The van der Waals surface area contributed by atoms with Gasteiger partial charge in [0.2, 0.25) is 0 Å². The van der Waals surface area contributed by atoms with Crippen LogP contribution < -0.4 is 5.73 Å². The van der Waals surface area contributed by atoms with E-state index in [4.69, 9.17) is 5.73 Å². The Hall–Kier alpha value is -0.0900. The molecule has 0 saturated carbocycles. The van der Waals surface area contributed by atoms with Gasteiger partial charge < -0.3 is 5.73 Å². The maximum atomic E-state index is 10.6. The van der Waals surface area contributed by atoms with Crippen LogP contribution in [0.3, 0.4) is 0 Å². The van der Waals surface area contributed by atoms with E-state index in [0.29, 0.717) is 6.42 Å². The SMILES string of the molecule is CCCCS(=O)(=O)[CH]N. The van der Waals surface area contributed by atoms with Crippen LogP contribution in [0.25, 0.3) is 0 Å². The summed E-state index contributed by atoms with van der Waals surface area (Å²) in [5, 5.41) is 0. The first kappa shape index (κ1) is 8.91. The standard InChI is InChI=1S/C5H12NO2S/c1-2-3-4-9(7,8)5-6/h5H,2-4,6H2,1H3. The fraction of sp³-hybridized carbons (Fsp3) is 0.800. The molecule has 0 saturated heterocycles. The highest BCUT2D eigenvalue weighted by Crippen LogP contribution is 1.95. The summed E-state index contributed by atoms with van der Waals surface area (Å²) < 4.78 is 21.2. The second-order valence-electron chi connectivity index (χ2n) is 1.86. The van der Waals surface area contributed by atoms with Crippen molar-refractivity contribution in [3.05, 3.63) is 5.88 Å². The Morgan fingerprint density at radius 1 is 1.56 bits per heavy atom. The third kappa shape index (κ3) is 4.42. The van der Waals surface area contributed by atoms with Crippen molar-refractivity contribution in [2.75, 3.05) is 5.75 Å². The Kier molecular flexibility index (Phi) is 3.81. The van der Waals surface area contributed by atoms with E-state index < -0.39 is 9.84 Å². The largest absolute Gasteiger partial charge is 0.313 e. The quantitative estimate of drug-likeness (QED) is 0.626. The zero-order valence-electron chi connectivity index (χ0n) is 5.50. The Bertz CT molecular complexity index is 150. The number of nitrogens with two attached hydrogens (primary N) is 1. The van der Waals surface area contributed by atoms with Crippen LogP contribution in [0, 0.1) is 5.88 Å². The molecule has 0 aliphatic carbocycles. The molecule has 0 amide bonds. The normalized spacial score (nSPS) is 11.8. The molecule has 3 nitrogen and oxygen atoms in total. The van der Waals surface area contributed by atoms with E-state index in [-0.39, 0.29) is 5.75 Å². The first-order chi connectivity index (χ1) is 4.12. The highest BCUT2D eigenvalue weighted by molar-refractivity contribution is 7.93. The number of hydrogen-bond donors (Lipinski definition) is 1. The molecule has 9 heavy (non-hydrogen) atoms. The molecular weight excluding hydrogens is 138 g/mol. The topological polar surface area (TPSA) is 60.2 Å². The molecule has 0 aliphatic rings. The minimum absolute atomic E-state index is 0.181. The summed E-state index contributed by atoms with van der Waals surface area (Å²) in [5.41, 5.74) is 4.83. The monoisotopic (exact) mass is 150 g/mol. The lowest BCUT2D eigenvalue weighted by Gasteiger charge is -1.95. The lowest BCUT2D eigenvalue weighted by atomic mass is 10.4. The molecular formula is C5H12NO2S. The molecule has 0 unspecified atom stereocenters. The van der Waals surface area contributed by atoms with E-state index in [9.17, 15) is 8.42 Å². The Balaban J connectivity index is 3.61. The maximum absolute atomic E-state index is 10.6. The number of hydrogen-bond acceptors (Lipinski definition) is 3. The van der Waals surface area contributed by atoms with Crippen molar-refractivity contribution in [3.8, 4) is 0 Å². The van der Waals surface area contributed by atoms with Crippen LogP contribution in [0.15, 0.2) is 0 Å². The van der Waals surface area contributed by atoms with Gasteiger partial charge in [0.15, 0.2) is 9.84 Å². The van der Waals surface area contributed by atoms with Gasteiger partial charge in [0, 0.05) is 0 Å². The van der Waals surface area contributed by atoms with Crippen molar-refractivity contribution in [1.82, 2.24) is 0 Å². The van der Waals surface area contributed by atoms with Crippen molar-refractivity contribution in [2.45, 2.75) is 19.8 Å². The summed E-state index contributed by atoms with van der Waals surface area (Å²) in [5.74, 6) is 0.947. The summed E-state index contributed by atoms with van der Waals surface area (Å²) in [7, 11) is -3.03. The lowest BCUT2D eigenvalue weighted by molar-refractivity contribution is 0.597. The molecule has 0 rings (SSSR count). The molecule has 0 aromatic carbocycles. The number of unbranched alkanes of at least 4 members (excludes halogenated alkanes) is 1. The van der Waals surface area contributed by atoms with Gasteiger partial charge in [0.05, 0.1) is 5.75 Å². The summed E-state index contributed by atoms with van der Waals surface area (Å²) in [6.07, 6.45) is 1.57. The third-order valence-corrected chi connectivity index (χ3v) is 2.26. The molecule has 0 aromatic heterocycles. The predicted octanol–water partition coefficient (Wildman–Crippen LogP) is 0.279. The fourth-order valence-electron chi connectivity index (χ4n) is 0.414. The van der Waals surface area contributed by atoms with Crippen LogP contribution in [0.5, 0.6) is 0 Å². The van der Waals surface area contributed by atoms with E-state index in [1.807, 2.05) is 6.92 Å². The van der Waals surface area contributed by atoms with Gasteiger partial charge in [-0.05, 0) is 6.42 Å². The van der Waals surface area contributed by atoms with Crippen molar-refractivity contribution >= 4 is 9.84 Å². The number of sulfone groups is 1. The van der Waals surface area contributed by atoms with Gasteiger partial charge in [0.1, 0.15) is 5.88 Å². The molecule has 0 fully saturated rings. The molecule has 4 heteroatoms. The summed E-state index contributed by atoms with van der Waals surface area (Å²) >= 11 is 0. The van der Waals surface area contributed by atoms with E-state index in [2.05, 4.69) is 0 Å². The fourth-order valence-corrected chi connectivity index (χ4v) is 1.24. The van der Waals surface area contributed by atoms with Crippen LogP contribution >= 0.6 is 0 Å². The third-order valence-electron chi connectivity index (χ3n) is 0.990. The molecule has 0 aromatic rings. The van der Waals surface area contributed by atoms with Crippen molar-refractivity contribution in [3.63, 3.8) is 0 Å². The van der Waals surface area contributed by atoms with Gasteiger partial charge in [-0.1, -0.05) is 13.3 Å². The minimum atomic E-state index is -3.03. The average Bonchev–Trinajstić information content (AvgIpc) is 1.84.